The fourth-order valence-electron chi connectivity index (χ4n) is 3.34. The molecule has 0 atom stereocenters. The minimum Gasteiger partial charge on any atom is -0.462 e. The third kappa shape index (κ3) is 3.27. The molecule has 29 heavy (non-hydrogen) atoms. The van der Waals surface area contributed by atoms with Crippen molar-refractivity contribution < 1.29 is 19.1 Å². The number of nitrogens with two attached hydrogens (primary N) is 1. The van der Waals surface area contributed by atoms with Crippen molar-refractivity contribution in [2.45, 2.75) is 26.8 Å². The molecular formula is C18H20N6O4S. The summed E-state index contributed by atoms with van der Waals surface area (Å²) in [5, 5.41) is 5.09. The molecular weight excluding hydrogens is 396 g/mol. The number of hydrogen-bond acceptors (Lipinski definition) is 9. The van der Waals surface area contributed by atoms with Gasteiger partial charge < -0.3 is 20.1 Å². The van der Waals surface area contributed by atoms with E-state index in [4.69, 9.17) is 15.2 Å². The Hall–Kier alpha value is -3.21. The number of esters is 1. The van der Waals surface area contributed by atoms with Crippen molar-refractivity contribution in [2.75, 3.05) is 25.5 Å². The number of hydrogen-bond donors (Lipinski definition) is 1. The van der Waals surface area contributed by atoms with E-state index >= 15 is 0 Å². The van der Waals surface area contributed by atoms with Gasteiger partial charge in [-0.1, -0.05) is 0 Å². The minimum atomic E-state index is -0.529. The first-order valence-corrected chi connectivity index (χ1v) is 10.0. The summed E-state index contributed by atoms with van der Waals surface area (Å²) in [4.78, 5) is 36.4. The van der Waals surface area contributed by atoms with E-state index in [2.05, 4.69) is 15.1 Å². The van der Waals surface area contributed by atoms with Crippen LogP contribution in [0.2, 0.25) is 0 Å². The van der Waals surface area contributed by atoms with Gasteiger partial charge >= 0.3 is 12.1 Å². The molecule has 152 valence electrons. The Kier molecular flexibility index (Phi) is 5.05. The van der Waals surface area contributed by atoms with Crippen molar-refractivity contribution in [3.05, 3.63) is 28.5 Å². The van der Waals surface area contributed by atoms with Crippen LogP contribution in [0.5, 0.6) is 0 Å². The van der Waals surface area contributed by atoms with Gasteiger partial charge in [-0.3, -0.25) is 0 Å². The minimum absolute atomic E-state index is 0.160. The smallest absolute Gasteiger partial charge is 0.410 e. The number of carbonyl (C=O) groups is 2. The fourth-order valence-corrected chi connectivity index (χ4v) is 4.53. The van der Waals surface area contributed by atoms with Crippen molar-refractivity contribution in [3.8, 4) is 5.82 Å². The standard InChI is InChI=1S/C18H20N6O4S/c1-3-27-17(25)11-7-22-24(14(11)19)15-13-10-5-6-23(18(26)28-4-2)8-12(10)29-16(13)21-9-20-15/h7,9H,3-6,8,19H2,1-2H3. The predicted molar refractivity (Wildman–Crippen MR) is 106 cm³/mol. The normalized spacial score (nSPS) is 13.4. The molecule has 0 bridgehead atoms. The third-order valence-electron chi connectivity index (χ3n) is 4.65. The van der Waals surface area contributed by atoms with Crippen molar-refractivity contribution in [1.82, 2.24) is 24.6 Å². The SMILES string of the molecule is CCOC(=O)c1cnn(-c2ncnc3sc4c(c23)CCN(C(=O)OCC)C4)c1N. The first-order valence-electron chi connectivity index (χ1n) is 9.23. The first-order chi connectivity index (χ1) is 14.0. The highest BCUT2D eigenvalue weighted by atomic mass is 32.1. The van der Waals surface area contributed by atoms with Crippen LogP contribution in [0.25, 0.3) is 16.0 Å². The Morgan fingerprint density at radius 2 is 2.03 bits per heavy atom. The molecule has 2 N–H and O–H groups in total. The number of aromatic nitrogens is 4. The Balaban J connectivity index is 1.75. The summed E-state index contributed by atoms with van der Waals surface area (Å²) in [5.41, 5.74) is 7.43. The van der Waals surface area contributed by atoms with E-state index < -0.39 is 5.97 Å². The summed E-state index contributed by atoms with van der Waals surface area (Å²) in [5.74, 6) is 0.136. The fraction of sp³-hybridized carbons (Fsp3) is 0.389. The summed E-state index contributed by atoms with van der Waals surface area (Å²) >= 11 is 1.50. The number of anilines is 1. The number of nitrogen functional groups attached to an aromatic ring is 1. The van der Waals surface area contributed by atoms with E-state index in [0.717, 1.165) is 20.7 Å². The van der Waals surface area contributed by atoms with Crippen LogP contribution in [0, 0.1) is 0 Å². The van der Waals surface area contributed by atoms with Gasteiger partial charge in [-0.25, -0.2) is 19.6 Å². The molecule has 0 saturated carbocycles. The zero-order valence-electron chi connectivity index (χ0n) is 16.0. The molecule has 10 nitrogen and oxygen atoms in total. The molecule has 0 radical (unpaired) electrons. The summed E-state index contributed by atoms with van der Waals surface area (Å²) in [6.07, 6.45) is 3.13. The summed E-state index contributed by atoms with van der Waals surface area (Å²) in [6, 6.07) is 0. The lowest BCUT2D eigenvalue weighted by atomic mass is 10.1. The number of amides is 1. The predicted octanol–water partition coefficient (Wildman–Crippen LogP) is 2.15. The zero-order chi connectivity index (χ0) is 20.5. The lowest BCUT2D eigenvalue weighted by molar-refractivity contribution is 0.0527. The largest absolute Gasteiger partial charge is 0.462 e. The number of thiophene rings is 1. The van der Waals surface area contributed by atoms with Crippen molar-refractivity contribution in [1.29, 1.82) is 0 Å². The summed E-state index contributed by atoms with van der Waals surface area (Å²) < 4.78 is 11.6. The Bertz CT molecular complexity index is 1090. The first kappa shape index (κ1) is 19.1. The highest BCUT2D eigenvalue weighted by molar-refractivity contribution is 7.18. The molecule has 0 unspecified atom stereocenters. The molecule has 4 rings (SSSR count). The van der Waals surface area contributed by atoms with E-state index in [1.54, 1.807) is 18.7 Å². The topological polar surface area (TPSA) is 125 Å². The van der Waals surface area contributed by atoms with Crippen molar-refractivity contribution >= 4 is 39.4 Å². The van der Waals surface area contributed by atoms with Crippen molar-refractivity contribution in [2.24, 2.45) is 0 Å². The molecule has 0 spiro atoms. The maximum Gasteiger partial charge on any atom is 0.410 e. The Morgan fingerprint density at radius 3 is 2.79 bits per heavy atom. The molecule has 0 fully saturated rings. The van der Waals surface area contributed by atoms with Crippen LogP contribution in [0.1, 0.15) is 34.6 Å². The monoisotopic (exact) mass is 416 g/mol. The maximum atomic E-state index is 12.1. The van der Waals surface area contributed by atoms with Gasteiger partial charge in [0.2, 0.25) is 0 Å². The molecule has 0 aliphatic carbocycles. The van der Waals surface area contributed by atoms with E-state index in [1.165, 1.54) is 28.5 Å². The van der Waals surface area contributed by atoms with E-state index in [9.17, 15) is 9.59 Å². The van der Waals surface area contributed by atoms with Gasteiger partial charge in [-0.2, -0.15) is 9.78 Å². The average molecular weight is 416 g/mol. The van der Waals surface area contributed by atoms with Crippen LogP contribution in [0.3, 0.4) is 0 Å². The quantitative estimate of drug-likeness (QED) is 0.641. The lowest BCUT2D eigenvalue weighted by Gasteiger charge is -2.26. The van der Waals surface area contributed by atoms with Crippen LogP contribution in [0.4, 0.5) is 10.6 Å². The summed E-state index contributed by atoms with van der Waals surface area (Å²) in [7, 11) is 0. The number of carbonyl (C=O) groups excluding carboxylic acids is 2. The zero-order valence-corrected chi connectivity index (χ0v) is 16.9. The molecule has 0 saturated heterocycles. The molecule has 1 aliphatic rings. The number of nitrogens with zero attached hydrogens (tertiary/aromatic N) is 5. The molecule has 3 aromatic rings. The van der Waals surface area contributed by atoms with Gasteiger partial charge in [0.05, 0.1) is 31.3 Å². The molecule has 11 heteroatoms. The number of rotatable bonds is 4. The highest BCUT2D eigenvalue weighted by Crippen LogP contribution is 2.37. The van der Waals surface area contributed by atoms with Gasteiger partial charge in [0.15, 0.2) is 5.82 Å². The van der Waals surface area contributed by atoms with Crippen LogP contribution < -0.4 is 5.73 Å². The van der Waals surface area contributed by atoms with Gasteiger partial charge in [-0.05, 0) is 25.8 Å². The molecule has 0 aromatic carbocycles. The van der Waals surface area contributed by atoms with Gasteiger partial charge in [0.1, 0.15) is 22.5 Å². The van der Waals surface area contributed by atoms with Crippen LogP contribution in [0.15, 0.2) is 12.5 Å². The van der Waals surface area contributed by atoms with Gasteiger partial charge in [0.25, 0.3) is 0 Å². The van der Waals surface area contributed by atoms with Crippen LogP contribution in [-0.4, -0.2) is 56.5 Å². The maximum absolute atomic E-state index is 12.1. The van der Waals surface area contributed by atoms with Crippen molar-refractivity contribution in [3.63, 3.8) is 0 Å². The Labute approximate surface area is 170 Å². The van der Waals surface area contributed by atoms with Crippen LogP contribution >= 0.6 is 11.3 Å². The second-order valence-corrected chi connectivity index (χ2v) is 7.41. The number of ether oxygens (including phenoxy) is 2. The summed E-state index contributed by atoms with van der Waals surface area (Å²) in [6.45, 7) is 5.09. The van der Waals surface area contributed by atoms with E-state index in [1.807, 2.05) is 0 Å². The molecule has 3 aromatic heterocycles. The van der Waals surface area contributed by atoms with Crippen LogP contribution in [-0.2, 0) is 22.4 Å². The molecule has 1 aliphatic heterocycles. The van der Waals surface area contributed by atoms with E-state index in [0.29, 0.717) is 31.9 Å². The third-order valence-corrected chi connectivity index (χ3v) is 5.77. The second kappa shape index (κ2) is 7.66. The lowest BCUT2D eigenvalue weighted by Crippen LogP contribution is -2.35. The van der Waals surface area contributed by atoms with E-state index in [-0.39, 0.29) is 24.1 Å². The highest BCUT2D eigenvalue weighted by Gasteiger charge is 2.28. The second-order valence-electron chi connectivity index (χ2n) is 6.33. The van der Waals surface area contributed by atoms with Gasteiger partial charge in [-0.15, -0.1) is 11.3 Å². The average Bonchev–Trinajstić information content (AvgIpc) is 3.28. The molecule has 4 heterocycles. The molecule has 1 amide bonds. The number of fused-ring (bicyclic) bond motifs is 3. The van der Waals surface area contributed by atoms with Gasteiger partial charge in [0, 0.05) is 11.4 Å². The Morgan fingerprint density at radius 1 is 1.24 bits per heavy atom.